The number of ether oxygens (including phenoxy) is 1. The number of fused-ring (bicyclic) bond motifs is 1. The predicted octanol–water partition coefficient (Wildman–Crippen LogP) is 5.56. The van der Waals surface area contributed by atoms with Crippen LogP contribution in [0.1, 0.15) is 11.3 Å². The van der Waals surface area contributed by atoms with E-state index in [-0.39, 0.29) is 0 Å². The van der Waals surface area contributed by atoms with Crippen LogP contribution < -0.4 is 4.74 Å². The Kier molecular flexibility index (Phi) is 4.80. The molecule has 31 heavy (non-hydrogen) atoms. The van der Waals surface area contributed by atoms with E-state index in [1.165, 1.54) is 0 Å². The highest BCUT2D eigenvalue weighted by molar-refractivity contribution is 5.89. The van der Waals surface area contributed by atoms with Gasteiger partial charge in [-0.3, -0.25) is 9.97 Å². The topological polar surface area (TPSA) is 73.7 Å². The lowest BCUT2D eigenvalue weighted by atomic mass is 10.1. The van der Waals surface area contributed by atoms with Gasteiger partial charge in [0.05, 0.1) is 11.2 Å². The zero-order valence-corrected chi connectivity index (χ0v) is 17.1. The van der Waals surface area contributed by atoms with Gasteiger partial charge in [-0.25, -0.2) is 15.0 Å². The SMILES string of the molecule is Cc1cc(Oc2ccnc3ccc(-c4ncccn4)cc23)c(-c2ccccn2)nc1C. The van der Waals surface area contributed by atoms with Crippen LogP contribution in [0.3, 0.4) is 0 Å². The third-order valence-corrected chi connectivity index (χ3v) is 5.08. The molecule has 0 radical (unpaired) electrons. The summed E-state index contributed by atoms with van der Waals surface area (Å²) in [7, 11) is 0. The molecule has 0 aliphatic carbocycles. The van der Waals surface area contributed by atoms with Crippen molar-refractivity contribution in [2.75, 3.05) is 0 Å². The number of aromatic nitrogens is 5. The van der Waals surface area contributed by atoms with Gasteiger partial charge in [0.15, 0.2) is 11.6 Å². The van der Waals surface area contributed by atoms with Crippen molar-refractivity contribution < 1.29 is 4.74 Å². The smallest absolute Gasteiger partial charge is 0.159 e. The van der Waals surface area contributed by atoms with Gasteiger partial charge >= 0.3 is 0 Å². The van der Waals surface area contributed by atoms with Crippen LogP contribution in [0.25, 0.3) is 33.7 Å². The van der Waals surface area contributed by atoms with Crippen molar-refractivity contribution in [2.45, 2.75) is 13.8 Å². The van der Waals surface area contributed by atoms with Gasteiger partial charge in [0.2, 0.25) is 0 Å². The molecule has 5 rings (SSSR count). The van der Waals surface area contributed by atoms with Gasteiger partial charge < -0.3 is 4.74 Å². The van der Waals surface area contributed by atoms with E-state index < -0.39 is 0 Å². The van der Waals surface area contributed by atoms with Crippen LogP contribution in [0, 0.1) is 13.8 Å². The molecule has 4 aromatic heterocycles. The summed E-state index contributed by atoms with van der Waals surface area (Å²) in [5, 5.41) is 0.873. The number of rotatable bonds is 4. The highest BCUT2D eigenvalue weighted by Gasteiger charge is 2.15. The van der Waals surface area contributed by atoms with Crippen molar-refractivity contribution in [1.82, 2.24) is 24.9 Å². The minimum Gasteiger partial charge on any atom is -0.454 e. The highest BCUT2D eigenvalue weighted by atomic mass is 16.5. The summed E-state index contributed by atoms with van der Waals surface area (Å²) < 4.78 is 6.42. The van der Waals surface area contributed by atoms with E-state index in [0.717, 1.165) is 33.4 Å². The summed E-state index contributed by atoms with van der Waals surface area (Å²) in [5.41, 5.74) is 5.18. The van der Waals surface area contributed by atoms with Crippen molar-refractivity contribution in [2.24, 2.45) is 0 Å². The zero-order chi connectivity index (χ0) is 21.2. The average Bonchev–Trinajstić information content (AvgIpc) is 2.82. The Morgan fingerprint density at radius 2 is 1.55 bits per heavy atom. The minimum absolute atomic E-state index is 0.649. The van der Waals surface area contributed by atoms with Gasteiger partial charge in [0, 0.05) is 41.4 Å². The van der Waals surface area contributed by atoms with Crippen molar-refractivity contribution in [3.8, 4) is 34.3 Å². The van der Waals surface area contributed by atoms with Gasteiger partial charge in [0.25, 0.3) is 0 Å². The van der Waals surface area contributed by atoms with E-state index in [1.54, 1.807) is 30.9 Å². The first-order valence-corrected chi connectivity index (χ1v) is 9.93. The summed E-state index contributed by atoms with van der Waals surface area (Å²) in [6, 6.07) is 17.3. The normalized spacial score (nSPS) is 10.9. The fourth-order valence-corrected chi connectivity index (χ4v) is 3.36. The molecule has 0 aliphatic heterocycles. The minimum atomic E-state index is 0.649. The first-order valence-electron chi connectivity index (χ1n) is 9.93. The third-order valence-electron chi connectivity index (χ3n) is 5.08. The molecule has 5 aromatic rings. The van der Waals surface area contributed by atoms with E-state index in [0.29, 0.717) is 23.0 Å². The Bertz CT molecular complexity index is 1370. The van der Waals surface area contributed by atoms with Crippen molar-refractivity contribution >= 4 is 10.9 Å². The molecule has 0 atom stereocenters. The summed E-state index contributed by atoms with van der Waals surface area (Å²) in [5.74, 6) is 1.99. The first kappa shape index (κ1) is 18.8. The molecule has 0 amide bonds. The Labute approximate surface area is 179 Å². The van der Waals surface area contributed by atoms with Crippen LogP contribution in [0.5, 0.6) is 11.5 Å². The number of aryl methyl sites for hydroxylation is 2. The van der Waals surface area contributed by atoms with Gasteiger partial charge in [-0.05, 0) is 67.9 Å². The molecule has 150 valence electrons. The Morgan fingerprint density at radius 1 is 0.710 bits per heavy atom. The quantitative estimate of drug-likeness (QED) is 0.390. The van der Waals surface area contributed by atoms with E-state index in [1.807, 2.05) is 62.4 Å². The number of nitrogens with zero attached hydrogens (tertiary/aromatic N) is 5. The summed E-state index contributed by atoms with van der Waals surface area (Å²) in [6.45, 7) is 4.01. The lowest BCUT2D eigenvalue weighted by Gasteiger charge is -2.14. The van der Waals surface area contributed by atoms with Gasteiger partial charge in [-0.1, -0.05) is 6.07 Å². The highest BCUT2D eigenvalue weighted by Crippen LogP contribution is 2.36. The molecule has 0 N–H and O–H groups in total. The number of hydrogen-bond donors (Lipinski definition) is 0. The molecule has 0 saturated heterocycles. The molecule has 0 fully saturated rings. The van der Waals surface area contributed by atoms with Crippen LogP contribution in [0.4, 0.5) is 0 Å². The zero-order valence-electron chi connectivity index (χ0n) is 17.1. The third kappa shape index (κ3) is 3.71. The monoisotopic (exact) mass is 405 g/mol. The second kappa shape index (κ2) is 7.91. The number of pyridine rings is 3. The van der Waals surface area contributed by atoms with Crippen LogP contribution in [0.15, 0.2) is 79.4 Å². The molecule has 6 nitrogen and oxygen atoms in total. The maximum Gasteiger partial charge on any atom is 0.159 e. The fourth-order valence-electron chi connectivity index (χ4n) is 3.36. The maximum absolute atomic E-state index is 6.42. The summed E-state index contributed by atoms with van der Waals surface area (Å²) in [4.78, 5) is 22.4. The van der Waals surface area contributed by atoms with E-state index >= 15 is 0 Å². The molecule has 4 heterocycles. The second-order valence-electron chi connectivity index (χ2n) is 7.17. The molecule has 0 spiro atoms. The lowest BCUT2D eigenvalue weighted by molar-refractivity contribution is 0.486. The summed E-state index contributed by atoms with van der Waals surface area (Å²) >= 11 is 0. The van der Waals surface area contributed by atoms with Gasteiger partial charge in [-0.15, -0.1) is 0 Å². The summed E-state index contributed by atoms with van der Waals surface area (Å²) in [6.07, 6.45) is 6.95. The Hall–Kier alpha value is -4.19. The van der Waals surface area contributed by atoms with E-state index in [4.69, 9.17) is 9.72 Å². The van der Waals surface area contributed by atoms with Crippen molar-refractivity contribution in [3.05, 3.63) is 90.6 Å². The van der Waals surface area contributed by atoms with Crippen LogP contribution >= 0.6 is 0 Å². The molecule has 0 unspecified atom stereocenters. The average molecular weight is 405 g/mol. The molecule has 0 bridgehead atoms. The van der Waals surface area contributed by atoms with E-state index in [2.05, 4.69) is 19.9 Å². The van der Waals surface area contributed by atoms with Crippen LogP contribution in [-0.4, -0.2) is 24.9 Å². The van der Waals surface area contributed by atoms with Crippen molar-refractivity contribution in [3.63, 3.8) is 0 Å². The molecule has 6 heteroatoms. The van der Waals surface area contributed by atoms with Crippen LogP contribution in [-0.2, 0) is 0 Å². The van der Waals surface area contributed by atoms with Crippen molar-refractivity contribution in [1.29, 1.82) is 0 Å². The lowest BCUT2D eigenvalue weighted by Crippen LogP contribution is -1.98. The second-order valence-corrected chi connectivity index (χ2v) is 7.17. The van der Waals surface area contributed by atoms with Crippen LogP contribution in [0.2, 0.25) is 0 Å². The number of hydrogen-bond acceptors (Lipinski definition) is 6. The van der Waals surface area contributed by atoms with Gasteiger partial charge in [-0.2, -0.15) is 0 Å². The first-order chi connectivity index (χ1) is 15.2. The molecule has 1 aromatic carbocycles. The molecule has 0 saturated carbocycles. The van der Waals surface area contributed by atoms with E-state index in [9.17, 15) is 0 Å². The Morgan fingerprint density at radius 3 is 2.35 bits per heavy atom. The maximum atomic E-state index is 6.42. The number of benzene rings is 1. The fraction of sp³-hybridized carbons (Fsp3) is 0.0800. The largest absolute Gasteiger partial charge is 0.454 e. The standard InChI is InChI=1S/C25H19N5O/c1-16-14-23(24(30-17(16)2)21-6-3-4-10-26-21)31-22-9-13-27-20-8-7-18(15-19(20)22)25-28-11-5-12-29-25/h3-15H,1-2H3. The van der Waals surface area contributed by atoms with Gasteiger partial charge in [0.1, 0.15) is 11.4 Å². The Balaban J connectivity index is 1.64. The molecular weight excluding hydrogens is 386 g/mol. The molecule has 0 aliphatic rings. The molecular formula is C25H19N5O. The predicted molar refractivity (Wildman–Crippen MR) is 120 cm³/mol.